The zero-order chi connectivity index (χ0) is 43.4. The largest absolute Gasteiger partial charge is 0.465 e. The van der Waals surface area contributed by atoms with Gasteiger partial charge in [0.05, 0.1) is 49.4 Å². The van der Waals surface area contributed by atoms with Crippen molar-refractivity contribution in [2.24, 2.45) is 5.92 Å². The number of methoxy groups -OCH3 is 1. The Morgan fingerprint density at radius 2 is 1.25 bits per heavy atom. The number of nitrogens with zero attached hydrogens (tertiary/aromatic N) is 7. The number of rotatable bonds is 12. The number of hydrogen-bond donors (Lipinski definition) is 4. The molecular weight excluding hydrogens is 781 g/mol. The number of carboxylic acid groups (broad SMARTS) is 1. The molecule has 17 nitrogen and oxygen atoms in total. The number of alkyl carbamates (subject to hydrolysis) is 1. The summed E-state index contributed by atoms with van der Waals surface area (Å²) in [5, 5.41) is 12.2. The number of H-pyrrole nitrogens is 2. The van der Waals surface area contributed by atoms with E-state index in [2.05, 4.69) is 30.2 Å². The molecule has 4 aromatic rings. The zero-order valence-electron chi connectivity index (χ0n) is 35.5. The van der Waals surface area contributed by atoms with E-state index >= 15 is 0 Å². The van der Waals surface area contributed by atoms with Crippen LogP contribution in [0.1, 0.15) is 69.7 Å². The van der Waals surface area contributed by atoms with Crippen LogP contribution in [-0.4, -0.2) is 152 Å². The van der Waals surface area contributed by atoms with Gasteiger partial charge >= 0.3 is 12.2 Å². The minimum absolute atomic E-state index is 0.151. The molecule has 17 heteroatoms. The Hall–Kier alpha value is -6.23. The van der Waals surface area contributed by atoms with Gasteiger partial charge in [0.1, 0.15) is 23.7 Å². The third-order valence-electron chi connectivity index (χ3n) is 12.2. The third-order valence-corrected chi connectivity index (χ3v) is 12.2. The van der Waals surface area contributed by atoms with Gasteiger partial charge in [-0.05, 0) is 60.9 Å². The number of carbonyl (C=O) groups is 5. The van der Waals surface area contributed by atoms with E-state index in [0.29, 0.717) is 44.2 Å². The highest BCUT2D eigenvalue weighted by atomic mass is 16.5. The van der Waals surface area contributed by atoms with Crippen LogP contribution in [0.5, 0.6) is 0 Å². The van der Waals surface area contributed by atoms with Crippen molar-refractivity contribution < 1.29 is 33.8 Å². The Bertz CT molecular complexity index is 2200. The lowest BCUT2D eigenvalue weighted by Gasteiger charge is -2.34. The molecule has 0 saturated carbocycles. The molecule has 61 heavy (non-hydrogen) atoms. The standard InChI is InChI=1S/C44H56N10O7/c1-27(2)38(51(4)44(59)60)42(57)54-19-7-9-36(54)40-46-26-34(48-40)31-16-12-29(13-17-31)28-10-14-30(15-11-28)33-25-45-39(47-33)35-8-6-18-53(35)41(56)32(49-43(58)61-5)24-37(55)52-22-20-50(3)21-23-52/h10-17,25-27,32,35-36,38H,6-9,18-24H2,1-5H3,(H,45,47)(H,46,48)(H,49,58)(H,59,60)/t32-,35?,36-,38-/m0/s1. The smallest absolute Gasteiger partial charge is 0.407 e. The Morgan fingerprint density at radius 1 is 0.770 bits per heavy atom. The van der Waals surface area contributed by atoms with E-state index in [1.54, 1.807) is 27.1 Å². The molecule has 4 N–H and O–H groups in total. The molecule has 2 aromatic carbocycles. The van der Waals surface area contributed by atoms with Crippen molar-refractivity contribution in [2.75, 3.05) is 60.5 Å². The van der Waals surface area contributed by atoms with Crippen LogP contribution in [0.25, 0.3) is 33.6 Å². The first-order chi connectivity index (χ1) is 29.3. The van der Waals surface area contributed by atoms with Gasteiger partial charge in [0.25, 0.3) is 0 Å². The first kappa shape index (κ1) is 42.9. The molecule has 324 valence electrons. The molecule has 0 radical (unpaired) electrons. The minimum Gasteiger partial charge on any atom is -0.465 e. The maximum Gasteiger partial charge on any atom is 0.407 e. The number of likely N-dealkylation sites (tertiary alicyclic amines) is 2. The van der Waals surface area contributed by atoms with Crippen molar-refractivity contribution in [3.8, 4) is 33.6 Å². The van der Waals surface area contributed by atoms with Crippen LogP contribution in [-0.2, 0) is 19.1 Å². The van der Waals surface area contributed by atoms with Crippen molar-refractivity contribution in [3.63, 3.8) is 0 Å². The summed E-state index contributed by atoms with van der Waals surface area (Å²) in [7, 11) is 4.68. The topological polar surface area (TPSA) is 200 Å². The Kier molecular flexibility index (Phi) is 13.1. The number of amides is 5. The molecule has 3 fully saturated rings. The molecule has 3 saturated heterocycles. The molecule has 3 aliphatic heterocycles. The number of nitrogens with one attached hydrogen (secondary N) is 3. The second kappa shape index (κ2) is 18.6. The van der Waals surface area contributed by atoms with E-state index in [0.717, 1.165) is 70.9 Å². The van der Waals surface area contributed by atoms with Crippen molar-refractivity contribution in [1.82, 2.24) is 49.8 Å². The number of likely N-dealkylation sites (N-methyl/N-ethyl adjacent to an activating group) is 2. The van der Waals surface area contributed by atoms with Crippen LogP contribution < -0.4 is 5.32 Å². The van der Waals surface area contributed by atoms with Gasteiger partial charge in [0.15, 0.2) is 0 Å². The van der Waals surface area contributed by atoms with Gasteiger partial charge in [-0.3, -0.25) is 19.3 Å². The van der Waals surface area contributed by atoms with Gasteiger partial charge in [-0.15, -0.1) is 0 Å². The molecule has 0 spiro atoms. The SMILES string of the molecule is COC(=O)N[C@@H](CC(=O)N1CCN(C)CC1)C(=O)N1CCCC1c1ncc(-c2ccc(-c3ccc(-c4cnc([C@@H]5CCCN5C(=O)[C@H](C(C)C)N(C)C(=O)O)[nH]4)cc3)cc2)[nH]1. The van der Waals surface area contributed by atoms with Crippen molar-refractivity contribution >= 4 is 29.9 Å². The van der Waals surface area contributed by atoms with Crippen molar-refractivity contribution in [2.45, 2.75) is 70.1 Å². The molecule has 0 aliphatic carbocycles. The predicted molar refractivity (Wildman–Crippen MR) is 227 cm³/mol. The molecule has 5 amide bonds. The summed E-state index contributed by atoms with van der Waals surface area (Å²) in [6.45, 7) is 7.37. The molecule has 0 bridgehead atoms. The van der Waals surface area contributed by atoms with Crippen LogP contribution in [0, 0.1) is 5.92 Å². The van der Waals surface area contributed by atoms with Crippen LogP contribution in [0.4, 0.5) is 9.59 Å². The van der Waals surface area contributed by atoms with Gasteiger partial charge in [0, 0.05) is 46.3 Å². The normalized spacial score (nSPS) is 19.2. The Balaban J connectivity index is 0.993. The molecule has 2 aromatic heterocycles. The lowest BCUT2D eigenvalue weighted by atomic mass is 10.0. The number of hydrogen-bond acceptors (Lipinski definition) is 9. The second-order valence-corrected chi connectivity index (χ2v) is 16.6. The first-order valence-electron chi connectivity index (χ1n) is 21.0. The highest BCUT2D eigenvalue weighted by Crippen LogP contribution is 2.35. The number of ether oxygens (including phenoxy) is 1. The average Bonchev–Trinajstić information content (AvgIpc) is 4.10. The minimum atomic E-state index is -1.13. The van der Waals surface area contributed by atoms with Gasteiger partial charge in [-0.1, -0.05) is 62.4 Å². The number of aromatic nitrogens is 4. The highest BCUT2D eigenvalue weighted by Gasteiger charge is 2.40. The molecule has 3 aliphatic rings. The summed E-state index contributed by atoms with van der Waals surface area (Å²) in [6, 6.07) is 13.8. The molecule has 7 rings (SSSR count). The predicted octanol–water partition coefficient (Wildman–Crippen LogP) is 4.98. The van der Waals surface area contributed by atoms with Crippen molar-refractivity contribution in [3.05, 3.63) is 72.6 Å². The number of aromatic amines is 2. The summed E-state index contributed by atoms with van der Waals surface area (Å²) in [5.41, 5.74) is 5.55. The maximum atomic E-state index is 14.0. The van der Waals surface area contributed by atoms with Gasteiger partial charge < -0.3 is 44.7 Å². The van der Waals surface area contributed by atoms with E-state index in [1.807, 2.05) is 69.4 Å². The van der Waals surface area contributed by atoms with Crippen LogP contribution in [0.2, 0.25) is 0 Å². The van der Waals surface area contributed by atoms with E-state index < -0.39 is 24.3 Å². The third kappa shape index (κ3) is 9.41. The summed E-state index contributed by atoms with van der Waals surface area (Å²) in [4.78, 5) is 89.5. The lowest BCUT2D eigenvalue weighted by Crippen LogP contribution is -2.53. The monoisotopic (exact) mass is 836 g/mol. The van der Waals surface area contributed by atoms with E-state index in [4.69, 9.17) is 4.74 Å². The molecule has 5 heterocycles. The Labute approximate surface area is 355 Å². The fraction of sp³-hybridized carbons (Fsp3) is 0.477. The summed E-state index contributed by atoms with van der Waals surface area (Å²) < 4.78 is 4.81. The maximum absolute atomic E-state index is 14.0. The summed E-state index contributed by atoms with van der Waals surface area (Å²) >= 11 is 0. The number of benzene rings is 2. The first-order valence-corrected chi connectivity index (χ1v) is 21.0. The van der Waals surface area contributed by atoms with E-state index in [-0.39, 0.29) is 42.1 Å². The van der Waals surface area contributed by atoms with E-state index in [1.165, 1.54) is 14.2 Å². The van der Waals surface area contributed by atoms with Crippen LogP contribution >= 0.6 is 0 Å². The fourth-order valence-corrected chi connectivity index (χ4v) is 8.77. The summed E-state index contributed by atoms with van der Waals surface area (Å²) in [6.07, 6.45) is 4.48. The fourth-order valence-electron chi connectivity index (χ4n) is 8.77. The van der Waals surface area contributed by atoms with Crippen LogP contribution in [0.15, 0.2) is 60.9 Å². The van der Waals surface area contributed by atoms with Gasteiger partial charge in [-0.25, -0.2) is 19.6 Å². The Morgan fingerprint density at radius 3 is 1.70 bits per heavy atom. The van der Waals surface area contributed by atoms with Crippen LogP contribution in [0.3, 0.4) is 0 Å². The molecule has 1 unspecified atom stereocenters. The average molecular weight is 837 g/mol. The summed E-state index contributed by atoms with van der Waals surface area (Å²) in [5.74, 6) is 0.413. The quantitative estimate of drug-likeness (QED) is 0.151. The van der Waals surface area contributed by atoms with Gasteiger partial charge in [-0.2, -0.15) is 0 Å². The number of piperazine rings is 1. The lowest BCUT2D eigenvalue weighted by molar-refractivity contribution is -0.140. The second-order valence-electron chi connectivity index (χ2n) is 16.6. The van der Waals surface area contributed by atoms with Gasteiger partial charge in [0.2, 0.25) is 17.7 Å². The van der Waals surface area contributed by atoms with Crippen molar-refractivity contribution in [1.29, 1.82) is 0 Å². The number of imidazole rings is 2. The highest BCUT2D eigenvalue weighted by molar-refractivity contribution is 5.91. The molecule has 4 atom stereocenters. The number of carbonyl (C=O) groups excluding carboxylic acids is 4. The zero-order valence-corrected chi connectivity index (χ0v) is 35.5. The van der Waals surface area contributed by atoms with E-state index in [9.17, 15) is 29.1 Å². The molecular formula is C44H56N10O7.